The third-order valence-electron chi connectivity index (χ3n) is 3.06. The number of amides is 4. The summed E-state index contributed by atoms with van der Waals surface area (Å²) in [7, 11) is 0. The summed E-state index contributed by atoms with van der Waals surface area (Å²) in [6.07, 6.45) is -1.10. The van der Waals surface area contributed by atoms with E-state index in [0.29, 0.717) is 19.4 Å². The van der Waals surface area contributed by atoms with Gasteiger partial charge < -0.3 is 4.74 Å². The van der Waals surface area contributed by atoms with Crippen molar-refractivity contribution in [3.63, 3.8) is 0 Å². The summed E-state index contributed by atoms with van der Waals surface area (Å²) < 4.78 is 18.5. The van der Waals surface area contributed by atoms with E-state index in [1.807, 2.05) is 5.32 Å². The number of nitrogens with zero attached hydrogens (tertiary/aromatic N) is 1. The van der Waals surface area contributed by atoms with Crippen LogP contribution in [0.25, 0.3) is 0 Å². The maximum absolute atomic E-state index is 13.3. The quantitative estimate of drug-likeness (QED) is 0.657. The standard InChI is InChI=1S/C10H13FN2O4/c1-10(3-2-4-17-5-10)13-8(15)6(11)7(14)12-9(13)16/h6H,2-5H2,1H3,(H,12,14,16). The average Bonchev–Trinajstić information content (AvgIpc) is 2.26. The predicted molar refractivity (Wildman–Crippen MR) is 53.7 cm³/mol. The Morgan fingerprint density at radius 3 is 2.76 bits per heavy atom. The van der Waals surface area contributed by atoms with Gasteiger partial charge in [-0.05, 0) is 19.8 Å². The zero-order valence-electron chi connectivity index (χ0n) is 9.36. The molecule has 0 aromatic heterocycles. The molecule has 6 nitrogen and oxygen atoms in total. The van der Waals surface area contributed by atoms with Gasteiger partial charge in [0, 0.05) is 6.61 Å². The van der Waals surface area contributed by atoms with Crippen LogP contribution in [0.5, 0.6) is 0 Å². The zero-order chi connectivity index (χ0) is 12.6. The first-order valence-corrected chi connectivity index (χ1v) is 5.36. The largest absolute Gasteiger partial charge is 0.379 e. The Hall–Kier alpha value is -1.50. The van der Waals surface area contributed by atoms with Crippen molar-refractivity contribution in [1.29, 1.82) is 0 Å². The number of carbonyl (C=O) groups is 3. The van der Waals surface area contributed by atoms with Gasteiger partial charge in [-0.3, -0.25) is 19.8 Å². The van der Waals surface area contributed by atoms with Crippen molar-refractivity contribution < 1.29 is 23.5 Å². The van der Waals surface area contributed by atoms with E-state index < -0.39 is 29.6 Å². The van der Waals surface area contributed by atoms with Gasteiger partial charge in [0.2, 0.25) is 0 Å². The molecule has 0 saturated carbocycles. The number of alkyl halides is 1. The molecule has 2 fully saturated rings. The molecule has 2 atom stereocenters. The highest BCUT2D eigenvalue weighted by Gasteiger charge is 2.49. The van der Waals surface area contributed by atoms with E-state index in [-0.39, 0.29) is 6.61 Å². The first kappa shape index (κ1) is 12.0. The van der Waals surface area contributed by atoms with Gasteiger partial charge in [-0.2, -0.15) is 0 Å². The molecule has 2 saturated heterocycles. The Morgan fingerprint density at radius 2 is 2.18 bits per heavy atom. The highest BCUT2D eigenvalue weighted by Crippen LogP contribution is 2.28. The number of halogens is 1. The molecule has 7 heteroatoms. The van der Waals surface area contributed by atoms with Crippen LogP contribution in [-0.4, -0.2) is 47.7 Å². The molecular weight excluding hydrogens is 231 g/mol. The molecule has 0 radical (unpaired) electrons. The van der Waals surface area contributed by atoms with Crippen LogP contribution in [0.15, 0.2) is 0 Å². The lowest BCUT2D eigenvalue weighted by molar-refractivity contribution is -0.151. The van der Waals surface area contributed by atoms with Crippen molar-refractivity contribution in [2.75, 3.05) is 13.2 Å². The van der Waals surface area contributed by atoms with Gasteiger partial charge in [0.25, 0.3) is 18.0 Å². The topological polar surface area (TPSA) is 75.7 Å². The van der Waals surface area contributed by atoms with Crippen LogP contribution < -0.4 is 5.32 Å². The summed E-state index contributed by atoms with van der Waals surface area (Å²) >= 11 is 0. The smallest absolute Gasteiger partial charge is 0.331 e. The van der Waals surface area contributed by atoms with Crippen molar-refractivity contribution in [1.82, 2.24) is 10.2 Å². The van der Waals surface area contributed by atoms with Gasteiger partial charge in [0.05, 0.1) is 12.1 Å². The first-order valence-electron chi connectivity index (χ1n) is 5.36. The monoisotopic (exact) mass is 244 g/mol. The van der Waals surface area contributed by atoms with E-state index in [9.17, 15) is 18.8 Å². The van der Waals surface area contributed by atoms with E-state index in [0.717, 1.165) is 4.90 Å². The van der Waals surface area contributed by atoms with Crippen LogP contribution in [-0.2, 0) is 14.3 Å². The molecule has 2 rings (SSSR count). The van der Waals surface area contributed by atoms with Crippen LogP contribution in [0, 0.1) is 0 Å². The lowest BCUT2D eigenvalue weighted by atomic mass is 9.91. The number of hydrogen-bond acceptors (Lipinski definition) is 4. The Kier molecular flexibility index (Phi) is 2.86. The summed E-state index contributed by atoms with van der Waals surface area (Å²) in [6.45, 7) is 2.36. The van der Waals surface area contributed by atoms with E-state index in [4.69, 9.17) is 4.74 Å². The number of hydrogen-bond donors (Lipinski definition) is 1. The first-order chi connectivity index (χ1) is 7.96. The Balaban J connectivity index is 2.26. The molecule has 0 aromatic rings. The van der Waals surface area contributed by atoms with Crippen LogP contribution >= 0.6 is 0 Å². The molecule has 0 spiro atoms. The van der Waals surface area contributed by atoms with Crippen LogP contribution in [0.3, 0.4) is 0 Å². The fourth-order valence-corrected chi connectivity index (χ4v) is 2.16. The maximum Gasteiger partial charge on any atom is 0.331 e. The molecule has 2 heterocycles. The van der Waals surface area contributed by atoms with E-state index in [2.05, 4.69) is 0 Å². The summed E-state index contributed by atoms with van der Waals surface area (Å²) in [5, 5.41) is 1.83. The predicted octanol–water partition coefficient (Wildman–Crippen LogP) is -0.0280. The normalized spacial score (nSPS) is 34.8. The van der Waals surface area contributed by atoms with Gasteiger partial charge >= 0.3 is 6.03 Å². The molecule has 1 N–H and O–H groups in total. The highest BCUT2D eigenvalue weighted by atomic mass is 19.1. The second-order valence-corrected chi connectivity index (χ2v) is 4.48. The SMILES string of the molecule is CC1(N2C(=O)NC(=O)C(F)C2=O)CCCOC1. The van der Waals surface area contributed by atoms with Gasteiger partial charge in [-0.25, -0.2) is 9.18 Å². The molecule has 0 aromatic carbocycles. The summed E-state index contributed by atoms with van der Waals surface area (Å²) in [5.74, 6) is -2.30. The van der Waals surface area contributed by atoms with Gasteiger partial charge in [0.15, 0.2) is 0 Å². The third kappa shape index (κ3) is 1.90. The van der Waals surface area contributed by atoms with Gasteiger partial charge in [-0.15, -0.1) is 0 Å². The maximum atomic E-state index is 13.3. The lowest BCUT2D eigenvalue weighted by Gasteiger charge is -2.43. The second-order valence-electron chi connectivity index (χ2n) is 4.48. The van der Waals surface area contributed by atoms with Crippen molar-refractivity contribution in [2.45, 2.75) is 31.5 Å². The number of rotatable bonds is 1. The summed E-state index contributed by atoms with van der Waals surface area (Å²) in [6, 6.07) is -0.873. The molecule has 0 bridgehead atoms. The van der Waals surface area contributed by atoms with Crippen LogP contribution in [0.1, 0.15) is 19.8 Å². The van der Waals surface area contributed by atoms with Crippen molar-refractivity contribution >= 4 is 17.8 Å². The second kappa shape index (κ2) is 4.06. The van der Waals surface area contributed by atoms with Gasteiger partial charge in [-0.1, -0.05) is 0 Å². The summed E-state index contributed by atoms with van der Waals surface area (Å²) in [5.41, 5.74) is -0.884. The van der Waals surface area contributed by atoms with E-state index >= 15 is 0 Å². The number of imide groups is 2. The third-order valence-corrected chi connectivity index (χ3v) is 3.06. The van der Waals surface area contributed by atoms with Crippen molar-refractivity contribution in [2.24, 2.45) is 0 Å². The minimum atomic E-state index is -2.31. The van der Waals surface area contributed by atoms with Crippen molar-refractivity contribution in [3.05, 3.63) is 0 Å². The van der Waals surface area contributed by atoms with Gasteiger partial charge in [0.1, 0.15) is 0 Å². The molecule has 2 aliphatic heterocycles. The van der Waals surface area contributed by atoms with E-state index in [1.54, 1.807) is 6.92 Å². The van der Waals surface area contributed by atoms with Crippen LogP contribution in [0.2, 0.25) is 0 Å². The molecule has 17 heavy (non-hydrogen) atoms. The Labute approximate surface area is 97.1 Å². The molecule has 2 aliphatic rings. The number of urea groups is 1. The number of ether oxygens (including phenoxy) is 1. The van der Waals surface area contributed by atoms with Crippen LogP contribution in [0.4, 0.5) is 9.18 Å². The number of barbiturate groups is 1. The minimum absolute atomic E-state index is 0.160. The highest BCUT2D eigenvalue weighted by molar-refractivity contribution is 6.18. The molecule has 2 unspecified atom stereocenters. The molecule has 4 amide bonds. The molecule has 0 aliphatic carbocycles. The lowest BCUT2D eigenvalue weighted by Crippen LogP contribution is -2.67. The van der Waals surface area contributed by atoms with Crippen molar-refractivity contribution in [3.8, 4) is 0 Å². The Bertz CT molecular complexity index is 379. The average molecular weight is 244 g/mol. The molecule has 94 valence electrons. The molecular formula is C10H13FN2O4. The number of nitrogens with one attached hydrogen (secondary N) is 1. The number of carbonyl (C=O) groups excluding carboxylic acids is 3. The summed E-state index contributed by atoms with van der Waals surface area (Å²) in [4.78, 5) is 35.0. The van der Waals surface area contributed by atoms with E-state index in [1.165, 1.54) is 0 Å². The fourth-order valence-electron chi connectivity index (χ4n) is 2.16. The Morgan fingerprint density at radius 1 is 1.47 bits per heavy atom. The fraction of sp³-hybridized carbons (Fsp3) is 0.700. The zero-order valence-corrected chi connectivity index (χ0v) is 9.36. The minimum Gasteiger partial charge on any atom is -0.379 e.